The lowest BCUT2D eigenvalue weighted by Gasteiger charge is -2.32. The summed E-state index contributed by atoms with van der Waals surface area (Å²) in [6.45, 7) is 8.25. The molecule has 1 saturated heterocycles. The first-order valence-electron chi connectivity index (χ1n) is 7.35. The van der Waals surface area contributed by atoms with Crippen LogP contribution in [-0.4, -0.2) is 31.1 Å². The van der Waals surface area contributed by atoms with Gasteiger partial charge in [0.2, 0.25) is 0 Å². The lowest BCUT2D eigenvalue weighted by Crippen LogP contribution is -3.00. The van der Waals surface area contributed by atoms with Crippen LogP contribution in [-0.2, 0) is 6.54 Å². The van der Waals surface area contributed by atoms with Gasteiger partial charge in [-0.25, -0.2) is 0 Å². The Morgan fingerprint density at radius 1 is 1.16 bits per heavy atom. The van der Waals surface area contributed by atoms with E-state index < -0.39 is 0 Å². The van der Waals surface area contributed by atoms with Crippen LogP contribution in [0.3, 0.4) is 0 Å². The number of halogens is 1. The molecule has 0 aromatic heterocycles. The molecule has 1 heterocycles. The molecule has 2 nitrogen and oxygen atoms in total. The van der Waals surface area contributed by atoms with Gasteiger partial charge in [-0.2, -0.15) is 0 Å². The third-order valence-electron chi connectivity index (χ3n) is 3.82. The molecule has 1 N–H and O–H groups in total. The second-order valence-corrected chi connectivity index (χ2v) is 5.41. The van der Waals surface area contributed by atoms with Crippen LogP contribution in [0.1, 0.15) is 31.7 Å². The van der Waals surface area contributed by atoms with E-state index in [9.17, 15) is 0 Å². The molecule has 1 aromatic carbocycles. The highest BCUT2D eigenvalue weighted by atomic mass is 35.5. The molecule has 1 aliphatic heterocycles. The number of nitrogens with one attached hydrogen (secondary N) is 1. The van der Waals surface area contributed by atoms with Crippen LogP contribution in [0.2, 0.25) is 0 Å². The molecular weight excluding hydrogens is 256 g/mol. The molecule has 2 rings (SSSR count). The van der Waals surface area contributed by atoms with E-state index in [1.807, 2.05) is 0 Å². The molecule has 0 spiro atoms. The fourth-order valence-electron chi connectivity index (χ4n) is 2.67. The normalized spacial score (nSPS) is 17.1. The van der Waals surface area contributed by atoms with Gasteiger partial charge in [0, 0.05) is 6.54 Å². The molecule has 19 heavy (non-hydrogen) atoms. The Balaban J connectivity index is 0.00000180. The second kappa shape index (κ2) is 9.35. The average Bonchev–Trinajstić information content (AvgIpc) is 2.42. The fourth-order valence-corrected chi connectivity index (χ4v) is 2.67. The summed E-state index contributed by atoms with van der Waals surface area (Å²) in [6.07, 6.45) is 3.94. The maximum Gasteiger partial charge on any atom is 0.0233 e. The Morgan fingerprint density at radius 3 is 2.47 bits per heavy atom. The number of nitrogens with zero attached hydrogens (tertiary/aromatic N) is 1. The van der Waals surface area contributed by atoms with E-state index in [1.54, 1.807) is 0 Å². The Hall–Kier alpha value is -0.570. The van der Waals surface area contributed by atoms with E-state index in [0.717, 1.165) is 12.5 Å². The summed E-state index contributed by atoms with van der Waals surface area (Å²) in [5.74, 6) is 0.892. The minimum Gasteiger partial charge on any atom is -1.00 e. The van der Waals surface area contributed by atoms with E-state index in [1.165, 1.54) is 51.0 Å². The number of likely N-dealkylation sites (tertiary alicyclic amines) is 1. The minimum atomic E-state index is 0. The Labute approximate surface area is 124 Å². The first kappa shape index (κ1) is 16.5. The fraction of sp³-hybridized carbons (Fsp3) is 0.625. The molecule has 0 amide bonds. The maximum atomic E-state index is 3.55. The van der Waals surface area contributed by atoms with Crippen molar-refractivity contribution in [3.8, 4) is 0 Å². The van der Waals surface area contributed by atoms with Gasteiger partial charge in [-0.05, 0) is 56.9 Å². The van der Waals surface area contributed by atoms with Gasteiger partial charge in [-0.15, -0.1) is 0 Å². The van der Waals surface area contributed by atoms with Gasteiger partial charge in [0.05, 0.1) is 0 Å². The van der Waals surface area contributed by atoms with Crippen molar-refractivity contribution in [3.05, 3.63) is 35.9 Å². The molecule has 3 heteroatoms. The Morgan fingerprint density at radius 2 is 1.84 bits per heavy atom. The van der Waals surface area contributed by atoms with Crippen molar-refractivity contribution >= 4 is 0 Å². The van der Waals surface area contributed by atoms with Gasteiger partial charge in [-0.1, -0.05) is 37.3 Å². The first-order chi connectivity index (χ1) is 8.88. The van der Waals surface area contributed by atoms with Gasteiger partial charge in [-0.3, -0.25) is 4.90 Å². The standard InChI is InChI=1S/C16H26N2.ClH/c1-2-10-17-13-15-8-11-18(12-9-15)14-16-6-4-3-5-7-16;/h3-7,15,17H,2,8-14H2,1H3;1H/p-1. The van der Waals surface area contributed by atoms with Crippen molar-refractivity contribution in [1.82, 2.24) is 10.2 Å². The highest BCUT2D eigenvalue weighted by Crippen LogP contribution is 2.18. The zero-order valence-electron chi connectivity index (χ0n) is 11.9. The number of benzene rings is 1. The molecule has 0 radical (unpaired) electrons. The molecular formula is C16H26ClN2-. The maximum absolute atomic E-state index is 3.55. The van der Waals surface area contributed by atoms with Crippen LogP contribution in [0.4, 0.5) is 0 Å². The summed E-state index contributed by atoms with van der Waals surface area (Å²) >= 11 is 0. The van der Waals surface area contributed by atoms with Crippen LogP contribution in [0.15, 0.2) is 30.3 Å². The van der Waals surface area contributed by atoms with Crippen molar-refractivity contribution in [2.24, 2.45) is 5.92 Å². The van der Waals surface area contributed by atoms with Crippen molar-refractivity contribution in [2.45, 2.75) is 32.7 Å². The van der Waals surface area contributed by atoms with Crippen LogP contribution in [0, 0.1) is 5.92 Å². The van der Waals surface area contributed by atoms with Gasteiger partial charge < -0.3 is 17.7 Å². The number of rotatable bonds is 6. The largest absolute Gasteiger partial charge is 1.00 e. The molecule has 0 aliphatic carbocycles. The van der Waals surface area contributed by atoms with Crippen LogP contribution in [0.25, 0.3) is 0 Å². The predicted octanol–water partition coefficient (Wildman–Crippen LogP) is -0.0978. The second-order valence-electron chi connectivity index (χ2n) is 5.41. The van der Waals surface area contributed by atoms with Crippen molar-refractivity contribution in [3.63, 3.8) is 0 Å². The quantitative estimate of drug-likeness (QED) is 0.733. The van der Waals surface area contributed by atoms with Gasteiger partial charge in [0.15, 0.2) is 0 Å². The molecule has 1 fully saturated rings. The van der Waals surface area contributed by atoms with E-state index in [-0.39, 0.29) is 12.4 Å². The summed E-state index contributed by atoms with van der Waals surface area (Å²) in [4.78, 5) is 2.59. The third-order valence-corrected chi connectivity index (χ3v) is 3.82. The number of piperidine rings is 1. The third kappa shape index (κ3) is 5.94. The van der Waals surface area contributed by atoms with Gasteiger partial charge in [0.1, 0.15) is 0 Å². The molecule has 108 valence electrons. The average molecular weight is 282 g/mol. The first-order valence-corrected chi connectivity index (χ1v) is 7.35. The highest BCUT2D eigenvalue weighted by molar-refractivity contribution is 5.14. The van der Waals surface area contributed by atoms with Crippen LogP contribution in [0.5, 0.6) is 0 Å². The van der Waals surface area contributed by atoms with E-state index in [4.69, 9.17) is 0 Å². The molecule has 0 bridgehead atoms. The summed E-state index contributed by atoms with van der Waals surface area (Å²) in [7, 11) is 0. The van der Waals surface area contributed by atoms with Crippen molar-refractivity contribution in [2.75, 3.05) is 26.2 Å². The van der Waals surface area contributed by atoms with Crippen molar-refractivity contribution < 1.29 is 12.4 Å². The molecule has 1 aliphatic rings. The Kier molecular flexibility index (Phi) is 8.11. The predicted molar refractivity (Wildman–Crippen MR) is 77.6 cm³/mol. The minimum absolute atomic E-state index is 0. The molecule has 0 unspecified atom stereocenters. The summed E-state index contributed by atoms with van der Waals surface area (Å²) in [5.41, 5.74) is 1.44. The van der Waals surface area contributed by atoms with E-state index in [2.05, 4.69) is 47.5 Å². The zero-order chi connectivity index (χ0) is 12.6. The van der Waals surface area contributed by atoms with Gasteiger partial charge in [0.25, 0.3) is 0 Å². The van der Waals surface area contributed by atoms with Crippen molar-refractivity contribution in [1.29, 1.82) is 0 Å². The lowest BCUT2D eigenvalue weighted by molar-refractivity contribution is -0.00000386. The Bertz CT molecular complexity index is 321. The monoisotopic (exact) mass is 281 g/mol. The molecule has 1 aromatic rings. The van der Waals surface area contributed by atoms with E-state index >= 15 is 0 Å². The summed E-state index contributed by atoms with van der Waals surface area (Å²) < 4.78 is 0. The SMILES string of the molecule is CCCNCC1CCN(Cc2ccccc2)CC1.[Cl-]. The summed E-state index contributed by atoms with van der Waals surface area (Å²) in [5, 5.41) is 3.55. The topological polar surface area (TPSA) is 15.3 Å². The van der Waals surface area contributed by atoms with Gasteiger partial charge >= 0.3 is 0 Å². The number of hydrogen-bond donors (Lipinski definition) is 1. The molecule has 0 saturated carbocycles. The highest BCUT2D eigenvalue weighted by Gasteiger charge is 2.18. The zero-order valence-corrected chi connectivity index (χ0v) is 12.7. The molecule has 0 atom stereocenters. The number of hydrogen-bond acceptors (Lipinski definition) is 2. The summed E-state index contributed by atoms with van der Waals surface area (Å²) in [6, 6.07) is 10.8. The lowest BCUT2D eigenvalue weighted by atomic mass is 9.96. The van der Waals surface area contributed by atoms with Crippen LogP contribution < -0.4 is 17.7 Å². The van der Waals surface area contributed by atoms with E-state index in [0.29, 0.717) is 0 Å². The van der Waals surface area contributed by atoms with Crippen LogP contribution >= 0.6 is 0 Å². The smallest absolute Gasteiger partial charge is 0.0233 e.